The van der Waals surface area contributed by atoms with Gasteiger partial charge in [-0.1, -0.05) is 32.0 Å². The van der Waals surface area contributed by atoms with Crippen LogP contribution in [0.15, 0.2) is 48.7 Å². The largest absolute Gasteiger partial charge is 0.488 e. The van der Waals surface area contributed by atoms with Crippen molar-refractivity contribution in [3.8, 4) is 28.1 Å². The van der Waals surface area contributed by atoms with Crippen LogP contribution in [0.5, 0.6) is 5.75 Å². The Morgan fingerprint density at radius 1 is 1.04 bits per heavy atom. The van der Waals surface area contributed by atoms with E-state index in [0.29, 0.717) is 18.4 Å². The minimum absolute atomic E-state index is 0.0881. The maximum absolute atomic E-state index is 13.9. The molecule has 0 spiro atoms. The van der Waals surface area contributed by atoms with Crippen LogP contribution in [0.25, 0.3) is 44.2 Å². The second-order valence-electron chi connectivity index (χ2n) is 14.9. The number of aromatic amines is 2. The van der Waals surface area contributed by atoms with Gasteiger partial charge in [0.05, 0.1) is 48.7 Å². The molecule has 4 N–H and O–H groups in total. The first-order chi connectivity index (χ1) is 24.8. The van der Waals surface area contributed by atoms with Crippen LogP contribution in [0.2, 0.25) is 0 Å². The maximum atomic E-state index is 13.9. The number of alkyl carbamates (subject to hydrolysis) is 1. The molecule has 12 heteroatoms. The smallest absolute Gasteiger partial charge is 0.407 e. The monoisotopic (exact) mass is 689 g/mol. The van der Waals surface area contributed by atoms with Gasteiger partial charge in [0.15, 0.2) is 0 Å². The highest BCUT2D eigenvalue weighted by molar-refractivity contribution is 6.07. The summed E-state index contributed by atoms with van der Waals surface area (Å²) >= 11 is 0. The summed E-state index contributed by atoms with van der Waals surface area (Å²) in [6.45, 7) is 6.02. The van der Waals surface area contributed by atoms with Crippen LogP contribution < -0.4 is 15.4 Å². The molecule has 0 radical (unpaired) electrons. The summed E-state index contributed by atoms with van der Waals surface area (Å²) in [4.78, 5) is 44.9. The van der Waals surface area contributed by atoms with E-state index in [2.05, 4.69) is 63.1 Å². The van der Waals surface area contributed by atoms with Crippen molar-refractivity contribution < 1.29 is 23.8 Å². The number of likely N-dealkylation sites (tertiary alicyclic amines) is 1. The second-order valence-corrected chi connectivity index (χ2v) is 14.9. The number of benzene rings is 3. The molecule has 1 saturated carbocycles. The summed E-state index contributed by atoms with van der Waals surface area (Å²) in [5.74, 6) is 3.33. The summed E-state index contributed by atoms with van der Waals surface area (Å²) in [6.07, 6.45) is 4.15. The molecule has 2 amide bonds. The number of hydrogen-bond donors (Lipinski definition) is 4. The van der Waals surface area contributed by atoms with Crippen molar-refractivity contribution in [1.29, 1.82) is 0 Å². The molecule has 3 fully saturated rings. The number of methoxy groups -OCH3 is 2. The molecule has 6 atom stereocenters. The SMILES string of the molecule is COC[C@@H]1CN[C@H](c2ncc(-c3ccc4c(c3)COc3cc5c(ccc6[nH]c([C@@H]7CC8CC8N7C(=O)[C@@H](NC(=O)OC)C(C)C)nc65)cc3-4)[nH]2)C1. The zero-order valence-electron chi connectivity index (χ0n) is 29.3. The first kappa shape index (κ1) is 32.0. The number of amides is 2. The zero-order chi connectivity index (χ0) is 35.0. The van der Waals surface area contributed by atoms with Crippen LogP contribution in [0.4, 0.5) is 4.79 Å². The van der Waals surface area contributed by atoms with Gasteiger partial charge in [0.2, 0.25) is 5.91 Å². The van der Waals surface area contributed by atoms with Crippen molar-refractivity contribution in [3.63, 3.8) is 0 Å². The number of fused-ring (bicyclic) bond motifs is 7. The highest BCUT2D eigenvalue weighted by Crippen LogP contribution is 2.54. The van der Waals surface area contributed by atoms with E-state index in [9.17, 15) is 9.59 Å². The minimum Gasteiger partial charge on any atom is -0.488 e. The fraction of sp³-hybridized carbons (Fsp3) is 0.436. The number of imidazole rings is 2. The number of carbonyl (C=O) groups excluding carboxylic acids is 2. The van der Waals surface area contributed by atoms with Crippen LogP contribution in [0.1, 0.15) is 62.4 Å². The summed E-state index contributed by atoms with van der Waals surface area (Å²) in [5, 5.41) is 8.40. The van der Waals surface area contributed by atoms with E-state index in [-0.39, 0.29) is 30.0 Å². The first-order valence-corrected chi connectivity index (χ1v) is 18.0. The predicted molar refractivity (Wildman–Crippen MR) is 192 cm³/mol. The van der Waals surface area contributed by atoms with Crippen molar-refractivity contribution in [2.45, 2.75) is 63.9 Å². The highest BCUT2D eigenvalue weighted by Gasteiger charge is 2.56. The van der Waals surface area contributed by atoms with Crippen LogP contribution in [-0.4, -0.2) is 76.3 Å². The number of aromatic nitrogens is 4. The third kappa shape index (κ3) is 5.52. The number of piperidine rings is 1. The Hall–Kier alpha value is -4.94. The number of ether oxygens (including phenoxy) is 3. The molecule has 9 rings (SSSR count). The number of nitrogens with one attached hydrogen (secondary N) is 4. The number of H-pyrrole nitrogens is 2. The summed E-state index contributed by atoms with van der Waals surface area (Å²) in [7, 11) is 3.07. The van der Waals surface area contributed by atoms with Gasteiger partial charge in [-0.2, -0.15) is 0 Å². The van der Waals surface area contributed by atoms with Crippen molar-refractivity contribution >= 4 is 33.8 Å². The average molecular weight is 690 g/mol. The van der Waals surface area contributed by atoms with Gasteiger partial charge in [-0.15, -0.1) is 0 Å². The lowest BCUT2D eigenvalue weighted by Crippen LogP contribution is -2.52. The molecule has 5 aromatic rings. The van der Waals surface area contributed by atoms with Crippen molar-refractivity contribution in [2.24, 2.45) is 17.8 Å². The summed E-state index contributed by atoms with van der Waals surface area (Å²) in [5.41, 5.74) is 7.19. The molecule has 2 aromatic heterocycles. The normalized spacial score (nSPS) is 23.9. The molecule has 4 aliphatic rings. The van der Waals surface area contributed by atoms with Gasteiger partial charge in [-0.3, -0.25) is 4.79 Å². The van der Waals surface area contributed by atoms with Crippen molar-refractivity contribution in [2.75, 3.05) is 27.4 Å². The maximum Gasteiger partial charge on any atom is 0.407 e. The molecule has 12 nitrogen and oxygen atoms in total. The zero-order valence-corrected chi connectivity index (χ0v) is 29.3. The molecule has 5 heterocycles. The van der Waals surface area contributed by atoms with Crippen LogP contribution in [0, 0.1) is 17.8 Å². The number of hydrogen-bond acceptors (Lipinski definition) is 8. The molecule has 51 heavy (non-hydrogen) atoms. The molecule has 2 saturated heterocycles. The second kappa shape index (κ2) is 12.4. The third-order valence-corrected chi connectivity index (χ3v) is 11.3. The molecular weight excluding hydrogens is 646 g/mol. The Kier molecular flexibility index (Phi) is 7.77. The average Bonchev–Trinajstić information content (AvgIpc) is 3.64. The number of rotatable bonds is 8. The summed E-state index contributed by atoms with van der Waals surface area (Å²) in [6, 6.07) is 14.5. The number of carbonyl (C=O) groups is 2. The van der Waals surface area contributed by atoms with Crippen molar-refractivity contribution in [1.82, 2.24) is 35.5 Å². The van der Waals surface area contributed by atoms with Crippen LogP contribution in [-0.2, 0) is 20.9 Å². The van der Waals surface area contributed by atoms with Gasteiger partial charge in [-0.25, -0.2) is 14.8 Å². The molecule has 3 aliphatic heterocycles. The van der Waals surface area contributed by atoms with E-state index in [4.69, 9.17) is 24.2 Å². The Balaban J connectivity index is 0.993. The lowest BCUT2D eigenvalue weighted by molar-refractivity contribution is -0.136. The first-order valence-electron chi connectivity index (χ1n) is 18.0. The van der Waals surface area contributed by atoms with E-state index in [0.717, 1.165) is 99.6 Å². The number of nitrogens with zero attached hydrogens (tertiary/aromatic N) is 3. The van der Waals surface area contributed by atoms with Crippen molar-refractivity contribution in [3.05, 3.63) is 65.9 Å². The Morgan fingerprint density at radius 3 is 2.75 bits per heavy atom. The van der Waals surface area contributed by atoms with Gasteiger partial charge in [-0.05, 0) is 83.4 Å². The van der Waals surface area contributed by atoms with E-state index < -0.39 is 12.1 Å². The lowest BCUT2D eigenvalue weighted by atomic mass is 9.92. The molecule has 3 aromatic carbocycles. The fourth-order valence-electron chi connectivity index (χ4n) is 8.55. The minimum atomic E-state index is -0.673. The molecule has 0 bridgehead atoms. The van der Waals surface area contributed by atoms with E-state index in [1.807, 2.05) is 24.9 Å². The standard InChI is InChI=1S/C39H43N7O5/c1-19(2)34(45-39(48)50-4)38(47)46-31-12-23(31)13-32(46)37-42-28-8-6-21-11-27-25-7-5-22(10-24(25)18-51-33(27)14-26(21)35(28)44-37)30-16-41-36(43-30)29-9-20(15-40-29)17-49-3/h5-8,10-11,14,16,19-20,23,29,31-32,34,40H,9,12-13,15,17-18H2,1-4H3,(H,41,43)(H,42,44)(H,45,48)/t20-,23?,29-,31?,32-,34-/m0/s1. The summed E-state index contributed by atoms with van der Waals surface area (Å²) < 4.78 is 16.6. The van der Waals surface area contributed by atoms with E-state index in [1.54, 1.807) is 7.11 Å². The third-order valence-electron chi connectivity index (χ3n) is 11.3. The Labute approximate surface area is 295 Å². The Bertz CT molecular complexity index is 2170. The molecular formula is C39H43N7O5. The van der Waals surface area contributed by atoms with E-state index in [1.165, 1.54) is 7.11 Å². The molecule has 264 valence electrons. The van der Waals surface area contributed by atoms with Gasteiger partial charge < -0.3 is 39.7 Å². The van der Waals surface area contributed by atoms with Crippen LogP contribution >= 0.6 is 0 Å². The van der Waals surface area contributed by atoms with Gasteiger partial charge in [0.25, 0.3) is 0 Å². The van der Waals surface area contributed by atoms with Gasteiger partial charge >= 0.3 is 6.09 Å². The van der Waals surface area contributed by atoms with Crippen LogP contribution in [0.3, 0.4) is 0 Å². The highest BCUT2D eigenvalue weighted by atomic mass is 16.5. The quantitative estimate of drug-likeness (QED) is 0.155. The van der Waals surface area contributed by atoms with E-state index >= 15 is 0 Å². The van der Waals surface area contributed by atoms with Gasteiger partial charge in [0.1, 0.15) is 30.0 Å². The fourth-order valence-corrected chi connectivity index (χ4v) is 8.55. The van der Waals surface area contributed by atoms with Gasteiger partial charge in [0, 0.05) is 30.6 Å². The lowest BCUT2D eigenvalue weighted by Gasteiger charge is -2.31. The molecule has 2 unspecified atom stereocenters. The topological polar surface area (TPSA) is 146 Å². The Morgan fingerprint density at radius 2 is 1.92 bits per heavy atom. The predicted octanol–water partition coefficient (Wildman–Crippen LogP) is 6.01. The molecule has 1 aliphatic carbocycles.